The molecule has 0 spiro atoms. The van der Waals surface area contributed by atoms with Crippen LogP contribution < -0.4 is 0 Å². The first-order valence-corrected chi connectivity index (χ1v) is 11.9. The van der Waals surface area contributed by atoms with Crippen LogP contribution in [0.1, 0.15) is 101 Å². The fourth-order valence-corrected chi connectivity index (χ4v) is 4.30. The molecule has 0 aromatic heterocycles. The van der Waals surface area contributed by atoms with Gasteiger partial charge in [0.05, 0.1) is 6.10 Å². The molecule has 31 heavy (non-hydrogen) atoms. The van der Waals surface area contributed by atoms with Crippen molar-refractivity contribution in [2.24, 2.45) is 11.3 Å². The number of carboxylic acids is 1. The fourth-order valence-electron chi connectivity index (χ4n) is 4.30. The summed E-state index contributed by atoms with van der Waals surface area (Å²) in [6, 6.07) is 5.88. The second-order valence-electron chi connectivity index (χ2n) is 9.10. The summed E-state index contributed by atoms with van der Waals surface area (Å²) in [5, 5.41) is 9.87. The molecule has 1 N–H and O–H groups in total. The fraction of sp³-hybridized carbons (Fsp3) is 0.654. The van der Waals surface area contributed by atoms with Crippen LogP contribution >= 0.6 is 0 Å². The highest BCUT2D eigenvalue weighted by Crippen LogP contribution is 2.40. The number of carbonyl (C=O) groups excluding carboxylic acids is 2. The van der Waals surface area contributed by atoms with E-state index in [2.05, 4.69) is 13.0 Å². The lowest BCUT2D eigenvalue weighted by molar-refractivity contribution is -0.174. The molecule has 0 radical (unpaired) electrons. The first-order valence-electron chi connectivity index (χ1n) is 11.9. The number of rotatable bonds is 12. The van der Waals surface area contributed by atoms with E-state index >= 15 is 0 Å². The summed E-state index contributed by atoms with van der Waals surface area (Å²) in [5.74, 6) is -3.31. The van der Waals surface area contributed by atoms with Gasteiger partial charge in [0, 0.05) is 11.5 Å². The minimum absolute atomic E-state index is 0.265. The zero-order chi connectivity index (χ0) is 23.0. The number of aliphatic carboxylic acids is 1. The molecule has 5 heteroatoms. The maximum Gasteiger partial charge on any atom is 0.324 e. The largest absolute Gasteiger partial charge is 0.480 e. The Labute approximate surface area is 186 Å². The van der Waals surface area contributed by atoms with Crippen molar-refractivity contribution in [3.8, 4) is 0 Å². The first kappa shape index (κ1) is 25.1. The SMILES string of the molecule is CCCCCCCCc1ccc2c(c1)CCC(C(C)(C(=O)O)C(=O)OC(C)CC)C2=O. The average molecular weight is 431 g/mol. The number of hydrogen-bond donors (Lipinski definition) is 1. The normalized spacial score (nSPS) is 18.7. The van der Waals surface area contributed by atoms with Gasteiger partial charge in [-0.2, -0.15) is 0 Å². The highest BCUT2D eigenvalue weighted by atomic mass is 16.5. The van der Waals surface area contributed by atoms with Crippen molar-refractivity contribution in [3.05, 3.63) is 34.9 Å². The van der Waals surface area contributed by atoms with E-state index in [1.54, 1.807) is 6.92 Å². The van der Waals surface area contributed by atoms with Gasteiger partial charge in [-0.25, -0.2) is 0 Å². The van der Waals surface area contributed by atoms with Gasteiger partial charge in [-0.05, 0) is 57.1 Å². The molecule has 1 aromatic rings. The number of Topliss-reactive ketones (excluding diaryl/α,β-unsaturated/α-hetero) is 1. The molecule has 2 rings (SSSR count). The van der Waals surface area contributed by atoms with Crippen molar-refractivity contribution in [2.75, 3.05) is 0 Å². The molecular formula is C26H38O5. The molecule has 0 bridgehead atoms. The van der Waals surface area contributed by atoms with Gasteiger partial charge in [0.25, 0.3) is 0 Å². The van der Waals surface area contributed by atoms with Gasteiger partial charge in [0.15, 0.2) is 11.2 Å². The second-order valence-corrected chi connectivity index (χ2v) is 9.10. The zero-order valence-electron chi connectivity index (χ0n) is 19.5. The lowest BCUT2D eigenvalue weighted by Crippen LogP contribution is -2.49. The number of hydrogen-bond acceptors (Lipinski definition) is 4. The van der Waals surface area contributed by atoms with Crippen molar-refractivity contribution in [2.45, 2.75) is 98.0 Å². The smallest absolute Gasteiger partial charge is 0.324 e. The van der Waals surface area contributed by atoms with E-state index in [0.29, 0.717) is 24.8 Å². The Kier molecular flexibility index (Phi) is 9.27. The molecule has 3 atom stereocenters. The van der Waals surface area contributed by atoms with Crippen LogP contribution in [0.5, 0.6) is 0 Å². The quantitative estimate of drug-likeness (QED) is 0.259. The Hall–Kier alpha value is -2.17. The molecule has 0 heterocycles. The Morgan fingerprint density at radius 1 is 1.16 bits per heavy atom. The second kappa shape index (κ2) is 11.4. The third-order valence-corrected chi connectivity index (χ3v) is 6.72. The summed E-state index contributed by atoms with van der Waals surface area (Å²) in [4.78, 5) is 38.1. The summed E-state index contributed by atoms with van der Waals surface area (Å²) in [6.45, 7) is 7.14. The van der Waals surface area contributed by atoms with Gasteiger partial charge in [0.1, 0.15) is 0 Å². The number of carbonyl (C=O) groups is 3. The van der Waals surface area contributed by atoms with Crippen molar-refractivity contribution >= 4 is 17.7 Å². The highest BCUT2D eigenvalue weighted by molar-refractivity contribution is 6.09. The van der Waals surface area contributed by atoms with E-state index in [1.165, 1.54) is 44.6 Å². The predicted octanol–water partition coefficient (Wildman–Crippen LogP) is 5.77. The van der Waals surface area contributed by atoms with Crippen LogP contribution in [0.4, 0.5) is 0 Å². The summed E-state index contributed by atoms with van der Waals surface area (Å²) >= 11 is 0. The molecule has 1 aliphatic rings. The lowest BCUT2D eigenvalue weighted by atomic mass is 9.67. The van der Waals surface area contributed by atoms with E-state index in [-0.39, 0.29) is 11.9 Å². The number of unbranched alkanes of at least 4 members (excludes halogenated alkanes) is 5. The number of aryl methyl sites for hydroxylation is 2. The van der Waals surface area contributed by atoms with Gasteiger partial charge in [-0.15, -0.1) is 0 Å². The van der Waals surface area contributed by atoms with Crippen LogP contribution in [0.25, 0.3) is 0 Å². The summed E-state index contributed by atoms with van der Waals surface area (Å²) in [7, 11) is 0. The molecule has 0 saturated heterocycles. The van der Waals surface area contributed by atoms with E-state index in [0.717, 1.165) is 18.4 Å². The maximum atomic E-state index is 13.2. The molecule has 5 nitrogen and oxygen atoms in total. The third-order valence-electron chi connectivity index (χ3n) is 6.72. The van der Waals surface area contributed by atoms with Gasteiger partial charge in [-0.3, -0.25) is 14.4 Å². The van der Waals surface area contributed by atoms with Gasteiger partial charge in [-0.1, -0.05) is 64.2 Å². The Morgan fingerprint density at radius 3 is 2.48 bits per heavy atom. The Balaban J connectivity index is 2.11. The molecule has 1 aliphatic carbocycles. The standard InChI is InChI=1S/C26H38O5/c1-5-7-8-9-10-11-12-19-13-15-21-20(17-19)14-16-22(23(21)27)26(4,24(28)29)25(30)31-18(3)6-2/h13,15,17-18,22H,5-12,14,16H2,1-4H3,(H,28,29). The van der Waals surface area contributed by atoms with Crippen LogP contribution in [0.2, 0.25) is 0 Å². The molecule has 3 unspecified atom stereocenters. The molecule has 172 valence electrons. The van der Waals surface area contributed by atoms with Crippen molar-refractivity contribution < 1.29 is 24.2 Å². The van der Waals surface area contributed by atoms with Gasteiger partial charge in [0.2, 0.25) is 0 Å². The molecule has 0 fully saturated rings. The third kappa shape index (κ3) is 5.96. The Bertz CT molecular complexity index is 784. The Morgan fingerprint density at radius 2 is 1.84 bits per heavy atom. The van der Waals surface area contributed by atoms with Crippen molar-refractivity contribution in [1.29, 1.82) is 0 Å². The first-order chi connectivity index (χ1) is 14.7. The molecule has 0 aliphatic heterocycles. The topological polar surface area (TPSA) is 80.7 Å². The monoisotopic (exact) mass is 430 g/mol. The highest BCUT2D eigenvalue weighted by Gasteiger charge is 2.54. The summed E-state index contributed by atoms with van der Waals surface area (Å²) < 4.78 is 5.34. The predicted molar refractivity (Wildman–Crippen MR) is 121 cm³/mol. The molecule has 1 aromatic carbocycles. The number of ether oxygens (including phenoxy) is 1. The van der Waals surface area contributed by atoms with Gasteiger partial charge >= 0.3 is 11.9 Å². The minimum atomic E-state index is -1.88. The van der Waals surface area contributed by atoms with E-state index in [1.807, 2.05) is 19.1 Å². The minimum Gasteiger partial charge on any atom is -0.480 e. The van der Waals surface area contributed by atoms with E-state index in [4.69, 9.17) is 4.74 Å². The lowest BCUT2D eigenvalue weighted by Gasteiger charge is -2.34. The van der Waals surface area contributed by atoms with Crippen LogP contribution in [0.3, 0.4) is 0 Å². The van der Waals surface area contributed by atoms with E-state index < -0.39 is 23.3 Å². The molecule has 0 amide bonds. The maximum absolute atomic E-state index is 13.2. The summed E-state index contributed by atoms with van der Waals surface area (Å²) in [6.07, 6.45) is 9.57. The summed E-state index contributed by atoms with van der Waals surface area (Å²) in [5.41, 5.74) is 0.854. The van der Waals surface area contributed by atoms with Crippen molar-refractivity contribution in [1.82, 2.24) is 0 Å². The van der Waals surface area contributed by atoms with Crippen molar-refractivity contribution in [3.63, 3.8) is 0 Å². The number of benzene rings is 1. The van der Waals surface area contributed by atoms with E-state index in [9.17, 15) is 19.5 Å². The number of carboxylic acid groups (broad SMARTS) is 1. The number of ketones is 1. The number of fused-ring (bicyclic) bond motifs is 1. The molecular weight excluding hydrogens is 392 g/mol. The van der Waals surface area contributed by atoms with Crippen LogP contribution in [-0.2, 0) is 27.2 Å². The average Bonchev–Trinajstić information content (AvgIpc) is 2.75. The van der Waals surface area contributed by atoms with Crippen LogP contribution in [-0.4, -0.2) is 28.9 Å². The van der Waals surface area contributed by atoms with Crippen LogP contribution in [0.15, 0.2) is 18.2 Å². The number of esters is 1. The van der Waals surface area contributed by atoms with Crippen LogP contribution in [0, 0.1) is 11.3 Å². The van der Waals surface area contributed by atoms with Gasteiger partial charge < -0.3 is 9.84 Å². The molecule has 0 saturated carbocycles. The zero-order valence-corrected chi connectivity index (χ0v) is 19.5.